The van der Waals surface area contributed by atoms with Crippen LogP contribution >= 0.6 is 0 Å². The van der Waals surface area contributed by atoms with Crippen molar-refractivity contribution < 1.29 is 118 Å². The van der Waals surface area contributed by atoms with Crippen LogP contribution in [-0.2, 0) is 120 Å². The van der Waals surface area contributed by atoms with Gasteiger partial charge in [0.1, 0.15) is 42.7 Å². The molecule has 3 aromatic rings. The lowest BCUT2D eigenvalue weighted by molar-refractivity contribution is -0.869. The van der Waals surface area contributed by atoms with Crippen molar-refractivity contribution in [2.75, 3.05) is 171 Å². The van der Waals surface area contributed by atoms with Crippen LogP contribution in [0, 0.1) is 40.4 Å². The number of amides is 8. The topological polar surface area (TPSA) is 411 Å². The molecule has 10 rings (SSSR count). The second-order valence-corrected chi connectivity index (χ2v) is 36.4. The Bertz CT molecular complexity index is 4440. The minimum atomic E-state index is -2.43. The zero-order valence-electron chi connectivity index (χ0n) is 77.7. The summed E-state index contributed by atoms with van der Waals surface area (Å²) in [7, 11) is 6.21. The summed E-state index contributed by atoms with van der Waals surface area (Å²) in [5, 5.41) is 40.6. The Labute approximate surface area is 767 Å². The van der Waals surface area contributed by atoms with E-state index < -0.39 is 130 Å². The van der Waals surface area contributed by atoms with Crippen molar-refractivity contribution >= 4 is 64.5 Å². The molecular weight excluding hydrogens is 1700 g/mol. The van der Waals surface area contributed by atoms with Gasteiger partial charge in [-0.3, -0.25) is 47.9 Å². The van der Waals surface area contributed by atoms with Crippen molar-refractivity contribution in [3.63, 3.8) is 0 Å². The maximum atomic E-state index is 18.2. The molecule has 0 radical (unpaired) electrons. The normalized spacial score (nSPS) is 24.2. The van der Waals surface area contributed by atoms with Crippen LogP contribution in [-0.4, -0.2) is 304 Å². The van der Waals surface area contributed by atoms with Gasteiger partial charge in [-0.2, -0.15) is 0 Å². The molecule has 8 amide bonds. The zero-order chi connectivity index (χ0) is 94.1. The molecule has 1 aromatic heterocycles. The van der Waals surface area contributed by atoms with Gasteiger partial charge < -0.3 is 104 Å². The number of nitrogens with one attached hydrogen (secondary N) is 7. The average Bonchev–Trinajstić information content (AvgIpc) is 1.54. The molecular formula is C95H139F2N12O22+. The number of carbonyl (C=O) groups excluding carboxylic acids is 10. The second kappa shape index (κ2) is 51.0. The molecule has 36 heteroatoms. The lowest BCUT2D eigenvalue weighted by atomic mass is 9.44. The molecule has 8 N–H and O–H groups in total. The van der Waals surface area contributed by atoms with E-state index in [0.717, 1.165) is 65.2 Å². The Morgan fingerprint density at radius 2 is 1.28 bits per heavy atom. The van der Waals surface area contributed by atoms with Crippen molar-refractivity contribution in [1.29, 1.82) is 0 Å². The highest BCUT2D eigenvalue weighted by atomic mass is 19.1. The van der Waals surface area contributed by atoms with Crippen LogP contribution in [0.4, 0.5) is 14.5 Å². The minimum Gasteiger partial charge on any atom is -0.390 e. The van der Waals surface area contributed by atoms with Crippen LogP contribution in [0.25, 0.3) is 0 Å². The molecule has 7 aliphatic rings. The summed E-state index contributed by atoms with van der Waals surface area (Å²) in [6.45, 7) is 16.2. The summed E-state index contributed by atoms with van der Waals surface area (Å²) in [5.74, 6) is -0.794. The highest BCUT2D eigenvalue weighted by Crippen LogP contribution is 2.72. The number of benzene rings is 2. The van der Waals surface area contributed by atoms with E-state index in [4.69, 9.17) is 52.1 Å². The van der Waals surface area contributed by atoms with E-state index in [9.17, 15) is 48.3 Å². The summed E-state index contributed by atoms with van der Waals surface area (Å²) in [6.07, 6.45) is 3.40. The Morgan fingerprint density at radius 1 is 0.664 bits per heavy atom. The van der Waals surface area contributed by atoms with Crippen LogP contribution in [0.5, 0.6) is 0 Å². The third kappa shape index (κ3) is 28.6. The van der Waals surface area contributed by atoms with Crippen molar-refractivity contribution in [1.82, 2.24) is 52.2 Å². The molecule has 14 atom stereocenters. The van der Waals surface area contributed by atoms with Gasteiger partial charge in [0.2, 0.25) is 47.3 Å². The monoisotopic (exact) mass is 1840 g/mol. The predicted octanol–water partition coefficient (Wildman–Crippen LogP) is 5.34. The number of hydrogen-bond acceptors (Lipinski definition) is 24. The van der Waals surface area contributed by atoms with Crippen molar-refractivity contribution in [3.05, 3.63) is 100 Å². The number of nitrogens with zero attached hydrogens (tertiary/aromatic N) is 5. The van der Waals surface area contributed by atoms with Gasteiger partial charge in [0.15, 0.2) is 29.1 Å². The van der Waals surface area contributed by atoms with Crippen LogP contribution in [0.1, 0.15) is 178 Å². The summed E-state index contributed by atoms with van der Waals surface area (Å²) in [5.41, 5.74) is -2.47. The first-order chi connectivity index (χ1) is 62.9. The molecule has 2 unspecified atom stereocenters. The van der Waals surface area contributed by atoms with Crippen LogP contribution < -0.4 is 42.1 Å². The summed E-state index contributed by atoms with van der Waals surface area (Å²) in [4.78, 5) is 138. The number of anilines is 1. The van der Waals surface area contributed by atoms with E-state index in [-0.39, 0.29) is 147 Å². The Balaban J connectivity index is 0.648. The van der Waals surface area contributed by atoms with Gasteiger partial charge in [-0.1, -0.05) is 100 Å². The van der Waals surface area contributed by atoms with E-state index >= 15 is 13.6 Å². The summed E-state index contributed by atoms with van der Waals surface area (Å²) >= 11 is 0. The number of aliphatic hydroxyl groups excluding tert-OH is 1. The lowest BCUT2D eigenvalue weighted by Gasteiger charge is -2.63. The highest BCUT2D eigenvalue weighted by molar-refractivity contribution is 6.02. The number of unbranched alkanes of at least 4 members (excludes halogenated alkanes) is 1. The quantitative estimate of drug-likeness (QED) is 0.0201. The number of aromatic nitrogens is 3. The SMILES string of the molecule is CCCC1O[C@@H]2C[C@H]3[C@@H]4C[C@H](F)C5=CC(=O)C=C[C@]5(C)[C@@]4(F)[C@@H](O)C[C@]3(C)[C@]2(C(=O)CNC(=O)[C@H](C)NC(=O)[C@@H](NC(=O)[C@@H](CCCCNC(=O)COC2CCCCCc3c2nnn3CCOCCOCCOCCOCCC(=O)NCC[N+](C)(C)C)NC(=O)CCOCCOCCOCCOCCNC(=O)CCC(=O)N2Cc3ccccc3C#Cc3ccccc32)C(C)C)O1. The van der Waals surface area contributed by atoms with Gasteiger partial charge in [0.25, 0.3) is 0 Å². The van der Waals surface area contributed by atoms with E-state index in [2.05, 4.69) is 80.5 Å². The molecule has 1 saturated heterocycles. The number of ketones is 2. The number of para-hydroxylation sites is 1. The van der Waals surface area contributed by atoms with Crippen molar-refractivity contribution in [2.24, 2.45) is 28.6 Å². The van der Waals surface area contributed by atoms with Crippen LogP contribution in [0.2, 0.25) is 0 Å². The third-order valence-electron chi connectivity index (χ3n) is 25.7. The third-order valence-corrected chi connectivity index (χ3v) is 25.7. The van der Waals surface area contributed by atoms with Gasteiger partial charge in [0, 0.05) is 66.6 Å². The second-order valence-electron chi connectivity index (χ2n) is 36.4. The van der Waals surface area contributed by atoms with Gasteiger partial charge in [-0.25, -0.2) is 13.5 Å². The summed E-state index contributed by atoms with van der Waals surface area (Å²) < 4.78 is 102. The molecule has 0 bridgehead atoms. The minimum absolute atomic E-state index is 0.00595. The van der Waals surface area contributed by atoms with E-state index in [0.29, 0.717) is 122 Å². The number of hydrogen-bond donors (Lipinski definition) is 8. The Morgan fingerprint density at radius 3 is 1.96 bits per heavy atom. The van der Waals surface area contributed by atoms with Crippen LogP contribution in [0.15, 0.2) is 72.3 Å². The van der Waals surface area contributed by atoms with Gasteiger partial charge in [0.05, 0.1) is 183 Å². The molecule has 724 valence electrons. The van der Waals surface area contributed by atoms with Gasteiger partial charge in [-0.15, -0.1) is 5.10 Å². The standard InChI is InChI=1S/C95H138F2N12O22/c1-10-20-86-130-80-59-70-71-58-73(96)72-57-69(110)32-35-92(72,5)94(71,97)78(111)60-93(70,6)95(80,131-86)79(112)61-101-89(118)65(4)102-91(120)87(64(2)3)104-90(119)74(103-83(115)34-42-122-46-50-126-53-55-127-51-47-123-43-38-100-81(113)30-31-85(117)107-62-68-23-15-14-21-66(68)28-29-67-22-16-17-25-75(67)107)24-18-19-36-98-84(116)63-129-77-27-13-11-12-26-76-88(77)105-106-108(76)39-44-124-48-52-128-56-54-125-49-45-121-41-33-82(114)99-37-40-109(7,8)9/h14-17,21-23,25,32,35,57,64-65,70-71,73-74,77-78,80,86-87,111H,10-13,18-20,24,26-27,30-31,33-34,36-56,58-63H2,1-9H3,(H6-,98,99,100,101,102,103,104,113,114,115,116,118,119,120)/p+1/t65-,70-,71-,73-,74+,77?,78-,80+,86?,87-,92-,93-,94-,95+/m0/s1. The maximum absolute atomic E-state index is 18.2. The fourth-order valence-electron chi connectivity index (χ4n) is 18.6. The number of aliphatic hydroxyl groups is 1. The molecule has 3 saturated carbocycles. The number of carbonyl (C=O) groups is 10. The molecule has 0 spiro atoms. The Kier molecular flexibility index (Phi) is 40.5. The number of Topliss-reactive ketones (excluding diaryl/α,β-unsaturated/α-hetero) is 1. The smallest absolute Gasteiger partial charge is 0.246 e. The fraction of sp³-hybridized carbons (Fsp3) is 0.684. The van der Waals surface area contributed by atoms with E-state index in [1.165, 1.54) is 26.0 Å². The molecule has 4 fully saturated rings. The molecule has 34 nitrogen and oxygen atoms in total. The van der Waals surface area contributed by atoms with Crippen molar-refractivity contribution in [3.8, 4) is 11.8 Å². The first-order valence-corrected chi connectivity index (χ1v) is 46.7. The first kappa shape index (κ1) is 104. The summed E-state index contributed by atoms with van der Waals surface area (Å²) in [6, 6.07) is 11.4. The Hall–Kier alpha value is -8.94. The molecule has 5 aliphatic carbocycles. The highest BCUT2D eigenvalue weighted by Gasteiger charge is 2.80. The number of fused-ring (bicyclic) bond motifs is 10. The number of allylic oxidation sites excluding steroid dienone is 4. The fourth-order valence-corrected chi connectivity index (χ4v) is 18.6. The maximum Gasteiger partial charge on any atom is 0.246 e. The van der Waals surface area contributed by atoms with E-state index in [1.807, 2.05) is 60.1 Å². The number of halogens is 2. The molecule has 2 aliphatic heterocycles. The number of ether oxygens (including phenoxy) is 11. The number of rotatable bonds is 56. The van der Waals surface area contributed by atoms with E-state index in [1.54, 1.807) is 25.7 Å². The zero-order valence-corrected chi connectivity index (χ0v) is 77.7. The largest absolute Gasteiger partial charge is 0.390 e. The molecule has 2 aromatic carbocycles. The number of quaternary nitrogens is 1. The lowest BCUT2D eigenvalue weighted by Crippen LogP contribution is -2.71. The van der Waals surface area contributed by atoms with Crippen molar-refractivity contribution in [2.45, 2.75) is 224 Å². The molecule has 131 heavy (non-hydrogen) atoms. The number of likely N-dealkylation sites (N-methyl/N-ethyl adjacent to an activating group) is 1. The number of alkyl halides is 2. The average molecular weight is 1840 g/mol. The van der Waals surface area contributed by atoms with Gasteiger partial charge in [-0.05, 0) is 131 Å². The van der Waals surface area contributed by atoms with Crippen LogP contribution in [0.3, 0.4) is 0 Å². The molecule has 3 heterocycles. The van der Waals surface area contributed by atoms with Gasteiger partial charge >= 0.3 is 0 Å². The first-order valence-electron chi connectivity index (χ1n) is 46.7. The predicted molar refractivity (Wildman–Crippen MR) is 477 cm³/mol.